The van der Waals surface area contributed by atoms with Crippen LogP contribution in [-0.2, 0) is 4.79 Å². The minimum absolute atomic E-state index is 0.134. The number of methoxy groups -OCH3 is 1. The van der Waals surface area contributed by atoms with Gasteiger partial charge in [-0.2, -0.15) is 0 Å². The Morgan fingerprint density at radius 1 is 1.04 bits per heavy atom. The molecule has 0 spiro atoms. The zero-order chi connectivity index (χ0) is 18.4. The number of anilines is 1. The second-order valence-corrected chi connectivity index (χ2v) is 5.97. The maximum Gasteiger partial charge on any atom is 0.241 e. The van der Waals surface area contributed by atoms with E-state index in [-0.39, 0.29) is 11.9 Å². The highest BCUT2D eigenvalue weighted by Crippen LogP contribution is 2.23. The summed E-state index contributed by atoms with van der Waals surface area (Å²) in [5.74, 6) is 1.32. The molecule has 0 aliphatic rings. The fraction of sp³-hybridized carbons (Fsp3) is 0.190. The van der Waals surface area contributed by atoms with Gasteiger partial charge < -0.3 is 14.5 Å². The van der Waals surface area contributed by atoms with E-state index in [1.54, 1.807) is 19.4 Å². The first-order valence-electron chi connectivity index (χ1n) is 8.46. The number of carbonyl (C=O) groups excluding carboxylic acids is 1. The van der Waals surface area contributed by atoms with E-state index >= 15 is 0 Å². The van der Waals surface area contributed by atoms with Crippen LogP contribution in [0.4, 0.5) is 5.69 Å². The second-order valence-electron chi connectivity index (χ2n) is 5.97. The normalized spacial score (nSPS) is 13.0. The van der Waals surface area contributed by atoms with Crippen LogP contribution < -0.4 is 15.4 Å². The van der Waals surface area contributed by atoms with Gasteiger partial charge in [-0.3, -0.25) is 10.1 Å². The van der Waals surface area contributed by atoms with Gasteiger partial charge in [0, 0.05) is 11.8 Å². The lowest BCUT2D eigenvalue weighted by Crippen LogP contribution is -2.40. The van der Waals surface area contributed by atoms with E-state index in [4.69, 9.17) is 9.15 Å². The molecule has 1 aromatic heterocycles. The lowest BCUT2D eigenvalue weighted by molar-refractivity contribution is -0.117. The third kappa shape index (κ3) is 4.32. The lowest BCUT2D eigenvalue weighted by atomic mass is 10.0. The summed E-state index contributed by atoms with van der Waals surface area (Å²) in [6, 6.07) is 20.3. The molecule has 0 fully saturated rings. The molecule has 0 saturated carbocycles. The van der Waals surface area contributed by atoms with Gasteiger partial charge in [0.1, 0.15) is 11.5 Å². The number of ether oxygens (including phenoxy) is 1. The van der Waals surface area contributed by atoms with Gasteiger partial charge in [-0.15, -0.1) is 0 Å². The van der Waals surface area contributed by atoms with Crippen molar-refractivity contribution in [1.82, 2.24) is 5.32 Å². The van der Waals surface area contributed by atoms with Gasteiger partial charge in [0.15, 0.2) is 0 Å². The van der Waals surface area contributed by atoms with Crippen molar-refractivity contribution in [2.75, 3.05) is 12.4 Å². The van der Waals surface area contributed by atoms with Crippen LogP contribution in [0.5, 0.6) is 5.75 Å². The summed E-state index contributed by atoms with van der Waals surface area (Å²) < 4.78 is 10.8. The third-order valence-electron chi connectivity index (χ3n) is 4.11. The predicted molar refractivity (Wildman–Crippen MR) is 101 cm³/mol. The van der Waals surface area contributed by atoms with Crippen LogP contribution in [0.3, 0.4) is 0 Å². The van der Waals surface area contributed by atoms with E-state index < -0.39 is 6.04 Å². The van der Waals surface area contributed by atoms with E-state index in [9.17, 15) is 4.79 Å². The third-order valence-corrected chi connectivity index (χ3v) is 4.11. The molecular weight excluding hydrogens is 328 g/mol. The Morgan fingerprint density at radius 3 is 2.54 bits per heavy atom. The molecule has 1 heterocycles. The Labute approximate surface area is 153 Å². The van der Waals surface area contributed by atoms with Crippen molar-refractivity contribution in [3.63, 3.8) is 0 Å². The summed E-state index contributed by atoms with van der Waals surface area (Å²) in [4.78, 5) is 12.6. The summed E-state index contributed by atoms with van der Waals surface area (Å²) in [7, 11) is 1.60. The van der Waals surface area contributed by atoms with Crippen molar-refractivity contribution < 1.29 is 13.9 Å². The van der Waals surface area contributed by atoms with Crippen LogP contribution >= 0.6 is 0 Å². The van der Waals surface area contributed by atoms with Crippen molar-refractivity contribution in [3.8, 4) is 5.75 Å². The minimum Gasteiger partial charge on any atom is -0.497 e. The number of amides is 1. The SMILES string of the molecule is COc1cccc(NC(=O)[C@@H](C)N[C@@H](c2ccccc2)c2ccco2)c1. The fourth-order valence-corrected chi connectivity index (χ4v) is 2.72. The van der Waals surface area contributed by atoms with E-state index in [1.165, 1.54) is 0 Å². The first-order valence-corrected chi connectivity index (χ1v) is 8.46. The number of nitrogens with one attached hydrogen (secondary N) is 2. The smallest absolute Gasteiger partial charge is 0.241 e. The molecular formula is C21H22N2O3. The molecule has 0 bridgehead atoms. The molecule has 5 nitrogen and oxygen atoms in total. The molecule has 26 heavy (non-hydrogen) atoms. The maximum atomic E-state index is 12.6. The molecule has 2 aromatic carbocycles. The Morgan fingerprint density at radius 2 is 1.85 bits per heavy atom. The van der Waals surface area contributed by atoms with Gasteiger partial charge >= 0.3 is 0 Å². The Kier molecular flexibility index (Phi) is 5.71. The lowest BCUT2D eigenvalue weighted by Gasteiger charge is -2.22. The molecule has 1 amide bonds. The fourth-order valence-electron chi connectivity index (χ4n) is 2.72. The van der Waals surface area contributed by atoms with Crippen LogP contribution in [-0.4, -0.2) is 19.1 Å². The Bertz CT molecular complexity index is 831. The van der Waals surface area contributed by atoms with Crippen LogP contribution in [0.2, 0.25) is 0 Å². The van der Waals surface area contributed by atoms with Gasteiger partial charge in [0.25, 0.3) is 0 Å². The quantitative estimate of drug-likeness (QED) is 0.676. The molecule has 0 radical (unpaired) electrons. The van der Waals surface area contributed by atoms with Crippen molar-refractivity contribution in [2.24, 2.45) is 0 Å². The van der Waals surface area contributed by atoms with Crippen LogP contribution in [0, 0.1) is 0 Å². The van der Waals surface area contributed by atoms with E-state index in [0.717, 1.165) is 11.3 Å². The van der Waals surface area contributed by atoms with Crippen molar-refractivity contribution in [2.45, 2.75) is 19.0 Å². The molecule has 134 valence electrons. The second kappa shape index (κ2) is 8.36. The predicted octanol–water partition coefficient (Wildman–Crippen LogP) is 3.99. The molecule has 3 rings (SSSR count). The van der Waals surface area contributed by atoms with Crippen LogP contribution in [0.25, 0.3) is 0 Å². The van der Waals surface area contributed by atoms with Crippen molar-refractivity contribution in [1.29, 1.82) is 0 Å². The van der Waals surface area contributed by atoms with E-state index in [0.29, 0.717) is 11.4 Å². The molecule has 0 aliphatic carbocycles. The number of hydrogen-bond donors (Lipinski definition) is 2. The summed E-state index contributed by atoms with van der Waals surface area (Å²) in [6.07, 6.45) is 1.63. The largest absolute Gasteiger partial charge is 0.497 e. The molecule has 3 aromatic rings. The van der Waals surface area contributed by atoms with E-state index in [1.807, 2.05) is 67.6 Å². The molecule has 2 N–H and O–H groups in total. The standard InChI is InChI=1S/C21H22N2O3/c1-15(21(24)23-17-10-6-11-18(14-17)25-2)22-20(19-12-7-13-26-19)16-8-4-3-5-9-16/h3-15,20,22H,1-2H3,(H,23,24)/t15-,20+/m1/s1. The molecule has 0 unspecified atom stereocenters. The first-order chi connectivity index (χ1) is 12.7. The maximum absolute atomic E-state index is 12.6. The van der Waals surface area contributed by atoms with Crippen molar-refractivity contribution >= 4 is 11.6 Å². The van der Waals surface area contributed by atoms with Gasteiger partial charge in [-0.25, -0.2) is 0 Å². The highest BCUT2D eigenvalue weighted by Gasteiger charge is 2.22. The highest BCUT2D eigenvalue weighted by molar-refractivity contribution is 5.94. The van der Waals surface area contributed by atoms with Crippen molar-refractivity contribution in [3.05, 3.63) is 84.3 Å². The zero-order valence-electron chi connectivity index (χ0n) is 14.8. The first kappa shape index (κ1) is 17.8. The minimum atomic E-state index is -0.434. The molecule has 5 heteroatoms. The average Bonchev–Trinajstić information content (AvgIpc) is 3.21. The van der Waals surface area contributed by atoms with Gasteiger partial charge in [-0.05, 0) is 36.8 Å². The number of rotatable bonds is 7. The summed E-state index contributed by atoms with van der Waals surface area (Å²) in [5.41, 5.74) is 1.72. The van der Waals surface area contributed by atoms with E-state index in [2.05, 4.69) is 10.6 Å². The monoisotopic (exact) mass is 350 g/mol. The average molecular weight is 350 g/mol. The summed E-state index contributed by atoms with van der Waals surface area (Å²) >= 11 is 0. The zero-order valence-corrected chi connectivity index (χ0v) is 14.8. The highest BCUT2D eigenvalue weighted by atomic mass is 16.5. The number of benzene rings is 2. The number of furan rings is 1. The number of hydrogen-bond acceptors (Lipinski definition) is 4. The topological polar surface area (TPSA) is 63.5 Å². The van der Waals surface area contributed by atoms with Gasteiger partial charge in [-0.1, -0.05) is 36.4 Å². The Hall–Kier alpha value is -3.05. The van der Waals surface area contributed by atoms with Gasteiger partial charge in [0.2, 0.25) is 5.91 Å². The number of carbonyl (C=O) groups is 1. The summed E-state index contributed by atoms with van der Waals surface area (Å²) in [5, 5.41) is 6.25. The molecule has 2 atom stereocenters. The Balaban J connectivity index is 1.73. The molecule has 0 aliphatic heterocycles. The van der Waals surface area contributed by atoms with Gasteiger partial charge in [0.05, 0.1) is 25.5 Å². The molecule has 0 saturated heterocycles. The summed E-state index contributed by atoms with van der Waals surface area (Å²) in [6.45, 7) is 1.83. The van der Waals surface area contributed by atoms with Crippen LogP contribution in [0.1, 0.15) is 24.3 Å². The van der Waals surface area contributed by atoms with Crippen LogP contribution in [0.15, 0.2) is 77.4 Å².